The molecule has 162 valence electrons. The van der Waals surface area contributed by atoms with E-state index in [1.807, 2.05) is 38.1 Å². The molecule has 0 spiro atoms. The molecule has 1 aromatic rings. The maximum atomic E-state index is 11.7. The van der Waals surface area contributed by atoms with Crippen LogP contribution in [-0.4, -0.2) is 56.2 Å². The smallest absolute Gasteiger partial charge is 0.319 e. The quantitative estimate of drug-likeness (QED) is 0.306. The Morgan fingerprint density at radius 3 is 2.48 bits per heavy atom. The summed E-state index contributed by atoms with van der Waals surface area (Å²) in [7, 11) is 1.79. The minimum atomic E-state index is -0.186. The van der Waals surface area contributed by atoms with E-state index in [1.165, 1.54) is 25.9 Å². The molecule has 1 aliphatic rings. The predicted octanol–water partition coefficient (Wildman–Crippen LogP) is 3.00. The molecule has 1 fully saturated rings. The number of hydrogen-bond donors (Lipinski definition) is 4. The molecule has 1 saturated heterocycles. The Balaban J connectivity index is 1.64. The molecule has 0 aliphatic carbocycles. The van der Waals surface area contributed by atoms with Crippen LogP contribution in [-0.2, 0) is 6.54 Å². The van der Waals surface area contributed by atoms with E-state index in [0.29, 0.717) is 6.54 Å². The summed E-state index contributed by atoms with van der Waals surface area (Å²) in [6.07, 6.45) is 3.77. The van der Waals surface area contributed by atoms with Crippen LogP contribution in [0.1, 0.15) is 45.6 Å². The lowest BCUT2D eigenvalue weighted by Crippen LogP contribution is -2.39. The third kappa shape index (κ3) is 9.17. The van der Waals surface area contributed by atoms with E-state index in [0.717, 1.165) is 42.6 Å². The van der Waals surface area contributed by atoms with Crippen molar-refractivity contribution in [3.63, 3.8) is 0 Å². The molecule has 7 nitrogen and oxygen atoms in total. The van der Waals surface area contributed by atoms with Crippen LogP contribution in [0.15, 0.2) is 29.3 Å². The summed E-state index contributed by atoms with van der Waals surface area (Å²) in [5.74, 6) is 1.70. The first-order valence-corrected chi connectivity index (χ1v) is 10.8. The van der Waals surface area contributed by atoms with E-state index >= 15 is 0 Å². The number of likely N-dealkylation sites (tertiary alicyclic amines) is 1. The zero-order valence-electron chi connectivity index (χ0n) is 18.4. The van der Waals surface area contributed by atoms with Gasteiger partial charge in [0.05, 0.1) is 0 Å². The van der Waals surface area contributed by atoms with Gasteiger partial charge in [0.1, 0.15) is 0 Å². The minimum absolute atomic E-state index is 0.112. The summed E-state index contributed by atoms with van der Waals surface area (Å²) in [5.41, 5.74) is 1.91. The molecular weight excluding hydrogens is 364 g/mol. The number of nitrogens with one attached hydrogen (secondary N) is 4. The third-order valence-electron chi connectivity index (χ3n) is 5.13. The lowest BCUT2D eigenvalue weighted by atomic mass is 9.99. The molecule has 4 N–H and O–H groups in total. The Labute approximate surface area is 175 Å². The average molecular weight is 403 g/mol. The van der Waals surface area contributed by atoms with Crippen LogP contribution in [0.3, 0.4) is 0 Å². The molecule has 1 aliphatic heterocycles. The lowest BCUT2D eigenvalue weighted by Gasteiger charge is -2.30. The zero-order valence-corrected chi connectivity index (χ0v) is 18.4. The molecule has 7 heteroatoms. The van der Waals surface area contributed by atoms with E-state index < -0.39 is 0 Å². The van der Waals surface area contributed by atoms with Gasteiger partial charge in [-0.1, -0.05) is 19.1 Å². The average Bonchev–Trinajstić information content (AvgIpc) is 2.69. The standard InChI is InChI=1S/C22H38N6O/c1-17(2)26-22(29)27-20-8-6-19(7-9-20)16-25-21(23-4)24-12-5-13-28-14-10-18(3)11-15-28/h6-9,17-18H,5,10-16H2,1-4H3,(H2,23,24,25)(H2,26,27,29). The van der Waals surface area contributed by atoms with Gasteiger partial charge in [-0.15, -0.1) is 0 Å². The summed E-state index contributed by atoms with van der Waals surface area (Å²) in [6.45, 7) is 11.4. The maximum absolute atomic E-state index is 11.7. The molecule has 2 amide bonds. The van der Waals surface area contributed by atoms with Crippen LogP contribution in [0.4, 0.5) is 10.5 Å². The zero-order chi connectivity index (χ0) is 21.1. The van der Waals surface area contributed by atoms with Crippen molar-refractivity contribution in [1.82, 2.24) is 20.9 Å². The Kier molecular flexibility index (Phi) is 9.77. The Morgan fingerprint density at radius 1 is 1.17 bits per heavy atom. The van der Waals surface area contributed by atoms with Gasteiger partial charge in [-0.3, -0.25) is 4.99 Å². The van der Waals surface area contributed by atoms with Gasteiger partial charge in [-0.2, -0.15) is 0 Å². The number of carbonyl (C=O) groups is 1. The molecule has 0 atom stereocenters. The maximum Gasteiger partial charge on any atom is 0.319 e. The van der Waals surface area contributed by atoms with E-state index in [1.54, 1.807) is 7.05 Å². The predicted molar refractivity (Wildman–Crippen MR) is 121 cm³/mol. The number of aliphatic imine (C=N–C) groups is 1. The van der Waals surface area contributed by atoms with Crippen molar-refractivity contribution in [3.8, 4) is 0 Å². The minimum Gasteiger partial charge on any atom is -0.356 e. The first-order valence-electron chi connectivity index (χ1n) is 10.8. The Hall–Kier alpha value is -2.28. The van der Waals surface area contributed by atoms with Gasteiger partial charge in [-0.05, 0) is 76.4 Å². The fourth-order valence-corrected chi connectivity index (χ4v) is 3.34. The summed E-state index contributed by atoms with van der Waals surface area (Å²) < 4.78 is 0. The highest BCUT2D eigenvalue weighted by molar-refractivity contribution is 5.89. The first kappa shape index (κ1) is 23.0. The number of carbonyl (C=O) groups excluding carboxylic acids is 1. The highest BCUT2D eigenvalue weighted by Crippen LogP contribution is 2.15. The SMILES string of the molecule is CN=C(NCCCN1CCC(C)CC1)NCc1ccc(NC(=O)NC(C)C)cc1. The number of rotatable bonds is 8. The van der Waals surface area contributed by atoms with E-state index in [9.17, 15) is 4.79 Å². The monoisotopic (exact) mass is 402 g/mol. The fourth-order valence-electron chi connectivity index (χ4n) is 3.34. The largest absolute Gasteiger partial charge is 0.356 e. The Morgan fingerprint density at radius 2 is 1.86 bits per heavy atom. The van der Waals surface area contributed by atoms with Crippen LogP contribution in [0.2, 0.25) is 0 Å². The second-order valence-corrected chi connectivity index (χ2v) is 8.18. The second kappa shape index (κ2) is 12.3. The number of piperidine rings is 1. The molecule has 0 saturated carbocycles. The number of nitrogens with zero attached hydrogens (tertiary/aromatic N) is 2. The molecule has 0 bridgehead atoms. The molecule has 1 aromatic carbocycles. The van der Waals surface area contributed by atoms with Crippen molar-refractivity contribution in [2.24, 2.45) is 10.9 Å². The number of benzene rings is 1. The van der Waals surface area contributed by atoms with Gasteiger partial charge >= 0.3 is 6.03 Å². The molecular formula is C22H38N6O. The van der Waals surface area contributed by atoms with Crippen molar-refractivity contribution < 1.29 is 4.79 Å². The van der Waals surface area contributed by atoms with Crippen LogP contribution < -0.4 is 21.3 Å². The molecule has 0 aromatic heterocycles. The van der Waals surface area contributed by atoms with Crippen LogP contribution in [0.25, 0.3) is 0 Å². The molecule has 2 rings (SSSR count). The van der Waals surface area contributed by atoms with Gasteiger partial charge in [0, 0.05) is 31.9 Å². The summed E-state index contributed by atoms with van der Waals surface area (Å²) in [4.78, 5) is 18.6. The van der Waals surface area contributed by atoms with Crippen molar-refractivity contribution in [1.29, 1.82) is 0 Å². The molecule has 29 heavy (non-hydrogen) atoms. The normalized spacial score (nSPS) is 16.0. The summed E-state index contributed by atoms with van der Waals surface area (Å²) >= 11 is 0. The fraction of sp³-hybridized carbons (Fsp3) is 0.636. The molecule has 0 radical (unpaired) electrons. The number of amides is 2. The second-order valence-electron chi connectivity index (χ2n) is 8.18. The highest BCUT2D eigenvalue weighted by atomic mass is 16.2. The van der Waals surface area contributed by atoms with E-state index in [4.69, 9.17) is 0 Å². The lowest BCUT2D eigenvalue weighted by molar-refractivity contribution is 0.191. The number of anilines is 1. The van der Waals surface area contributed by atoms with Gasteiger partial charge in [-0.25, -0.2) is 4.79 Å². The van der Waals surface area contributed by atoms with Gasteiger partial charge in [0.25, 0.3) is 0 Å². The van der Waals surface area contributed by atoms with Crippen molar-refractivity contribution in [3.05, 3.63) is 29.8 Å². The van der Waals surface area contributed by atoms with Gasteiger partial charge in [0.2, 0.25) is 0 Å². The summed E-state index contributed by atoms with van der Waals surface area (Å²) in [5, 5.41) is 12.4. The van der Waals surface area contributed by atoms with Crippen LogP contribution in [0, 0.1) is 5.92 Å². The van der Waals surface area contributed by atoms with E-state index in [2.05, 4.69) is 38.1 Å². The van der Waals surface area contributed by atoms with Crippen molar-refractivity contribution >= 4 is 17.7 Å². The molecule has 0 unspecified atom stereocenters. The highest BCUT2D eigenvalue weighted by Gasteiger charge is 2.14. The van der Waals surface area contributed by atoms with Crippen LogP contribution in [0.5, 0.6) is 0 Å². The number of guanidine groups is 1. The van der Waals surface area contributed by atoms with Crippen molar-refractivity contribution in [2.45, 2.75) is 52.6 Å². The number of urea groups is 1. The van der Waals surface area contributed by atoms with E-state index in [-0.39, 0.29) is 12.1 Å². The number of hydrogen-bond acceptors (Lipinski definition) is 3. The topological polar surface area (TPSA) is 80.8 Å². The summed E-state index contributed by atoms with van der Waals surface area (Å²) in [6, 6.07) is 7.75. The third-order valence-corrected chi connectivity index (χ3v) is 5.13. The first-order chi connectivity index (χ1) is 14.0. The van der Waals surface area contributed by atoms with Crippen molar-refractivity contribution in [2.75, 3.05) is 38.5 Å². The molecule has 1 heterocycles. The van der Waals surface area contributed by atoms with Crippen LogP contribution >= 0.6 is 0 Å². The Bertz CT molecular complexity index is 635. The van der Waals surface area contributed by atoms with Gasteiger partial charge < -0.3 is 26.2 Å². The van der Waals surface area contributed by atoms with Gasteiger partial charge in [0.15, 0.2) is 5.96 Å².